The van der Waals surface area contributed by atoms with Gasteiger partial charge in [-0.3, -0.25) is 4.79 Å². The molecule has 1 aliphatic carbocycles. The van der Waals surface area contributed by atoms with Crippen LogP contribution >= 0.6 is 0 Å². The summed E-state index contributed by atoms with van der Waals surface area (Å²) < 4.78 is 0. The van der Waals surface area contributed by atoms with Crippen molar-refractivity contribution in [3.8, 4) is 0 Å². The molecule has 0 aromatic heterocycles. The second-order valence-corrected chi connectivity index (χ2v) is 5.46. The zero-order valence-corrected chi connectivity index (χ0v) is 10.5. The van der Waals surface area contributed by atoms with E-state index in [9.17, 15) is 4.79 Å². The summed E-state index contributed by atoms with van der Waals surface area (Å²) in [6, 6.07) is 1.24. The maximum absolute atomic E-state index is 11.4. The lowest BCUT2D eigenvalue weighted by atomic mass is 10.0. The summed E-state index contributed by atoms with van der Waals surface area (Å²) in [5, 5.41) is 3.74. The SMILES string of the molecule is CCC1CCC(NC2CCC(=O)N(C)C2)C1. The molecule has 1 aliphatic heterocycles. The number of likely N-dealkylation sites (N-methyl/N-ethyl adjacent to an activating group) is 1. The third-order valence-corrected chi connectivity index (χ3v) is 4.22. The molecule has 2 rings (SSSR count). The largest absolute Gasteiger partial charge is 0.344 e. The van der Waals surface area contributed by atoms with Crippen LogP contribution in [-0.2, 0) is 4.79 Å². The van der Waals surface area contributed by atoms with Gasteiger partial charge in [0.2, 0.25) is 5.91 Å². The highest BCUT2D eigenvalue weighted by molar-refractivity contribution is 5.76. The van der Waals surface area contributed by atoms with Gasteiger partial charge >= 0.3 is 0 Å². The normalized spacial score (nSPS) is 35.8. The van der Waals surface area contributed by atoms with E-state index in [0.29, 0.717) is 18.0 Å². The van der Waals surface area contributed by atoms with Crippen molar-refractivity contribution in [2.45, 2.75) is 57.5 Å². The summed E-state index contributed by atoms with van der Waals surface area (Å²) in [4.78, 5) is 13.2. The number of amides is 1. The van der Waals surface area contributed by atoms with Crippen molar-refractivity contribution in [2.24, 2.45) is 5.92 Å². The zero-order chi connectivity index (χ0) is 11.5. The molecule has 92 valence electrons. The number of carbonyl (C=O) groups is 1. The molecule has 3 unspecified atom stereocenters. The van der Waals surface area contributed by atoms with Gasteiger partial charge in [0.15, 0.2) is 0 Å². The molecule has 16 heavy (non-hydrogen) atoms. The first-order valence-electron chi connectivity index (χ1n) is 6.69. The van der Waals surface area contributed by atoms with E-state index in [1.807, 2.05) is 11.9 Å². The van der Waals surface area contributed by atoms with E-state index in [4.69, 9.17) is 0 Å². The minimum Gasteiger partial charge on any atom is -0.344 e. The molecule has 0 spiro atoms. The third-order valence-electron chi connectivity index (χ3n) is 4.22. The van der Waals surface area contributed by atoms with E-state index in [-0.39, 0.29) is 0 Å². The lowest BCUT2D eigenvalue weighted by molar-refractivity contribution is -0.132. The number of nitrogens with zero attached hydrogens (tertiary/aromatic N) is 1. The van der Waals surface area contributed by atoms with Crippen molar-refractivity contribution in [1.82, 2.24) is 10.2 Å². The minimum atomic E-state index is 0.302. The molecule has 0 radical (unpaired) electrons. The molecule has 2 fully saturated rings. The minimum absolute atomic E-state index is 0.302. The Morgan fingerprint density at radius 3 is 2.75 bits per heavy atom. The highest BCUT2D eigenvalue weighted by Gasteiger charge is 2.28. The second kappa shape index (κ2) is 5.17. The molecule has 3 atom stereocenters. The molecule has 1 saturated heterocycles. The molecule has 3 nitrogen and oxygen atoms in total. The van der Waals surface area contributed by atoms with E-state index in [1.165, 1.54) is 25.7 Å². The lowest BCUT2D eigenvalue weighted by Crippen LogP contribution is -2.49. The van der Waals surface area contributed by atoms with Crippen molar-refractivity contribution < 1.29 is 4.79 Å². The molecule has 1 N–H and O–H groups in total. The summed E-state index contributed by atoms with van der Waals surface area (Å²) in [5.41, 5.74) is 0. The fourth-order valence-corrected chi connectivity index (χ4v) is 3.08. The van der Waals surface area contributed by atoms with Crippen LogP contribution < -0.4 is 5.32 Å². The smallest absolute Gasteiger partial charge is 0.222 e. The zero-order valence-electron chi connectivity index (χ0n) is 10.5. The number of hydrogen-bond acceptors (Lipinski definition) is 2. The molecule has 0 aromatic carbocycles. The summed E-state index contributed by atoms with van der Waals surface area (Å²) in [6.07, 6.45) is 7.11. The van der Waals surface area contributed by atoms with Crippen molar-refractivity contribution in [3.63, 3.8) is 0 Å². The van der Waals surface area contributed by atoms with Crippen LogP contribution in [0.3, 0.4) is 0 Å². The molecule has 1 saturated carbocycles. The molecule has 0 aromatic rings. The molecule has 3 heteroatoms. The van der Waals surface area contributed by atoms with E-state index in [0.717, 1.165) is 25.3 Å². The van der Waals surface area contributed by atoms with Crippen LogP contribution in [-0.4, -0.2) is 36.5 Å². The van der Waals surface area contributed by atoms with Crippen LogP contribution in [0.5, 0.6) is 0 Å². The third kappa shape index (κ3) is 2.76. The summed E-state index contributed by atoms with van der Waals surface area (Å²) in [5.74, 6) is 1.23. The van der Waals surface area contributed by atoms with Crippen molar-refractivity contribution in [1.29, 1.82) is 0 Å². The standard InChI is InChI=1S/C13H24N2O/c1-3-10-4-5-11(8-10)14-12-6-7-13(16)15(2)9-12/h10-12,14H,3-9H2,1-2H3. The summed E-state index contributed by atoms with van der Waals surface area (Å²) in [7, 11) is 1.92. The first kappa shape index (κ1) is 11.9. The van der Waals surface area contributed by atoms with E-state index in [1.54, 1.807) is 0 Å². The molecule has 1 heterocycles. The van der Waals surface area contributed by atoms with Gasteiger partial charge in [0.05, 0.1) is 0 Å². The Kier molecular flexibility index (Phi) is 3.85. The average Bonchev–Trinajstić information content (AvgIpc) is 2.71. The molecule has 1 amide bonds. The summed E-state index contributed by atoms with van der Waals surface area (Å²) in [6.45, 7) is 3.19. The van der Waals surface area contributed by atoms with Gasteiger partial charge in [0, 0.05) is 32.1 Å². The fourth-order valence-electron chi connectivity index (χ4n) is 3.08. The van der Waals surface area contributed by atoms with Crippen LogP contribution in [0.2, 0.25) is 0 Å². The van der Waals surface area contributed by atoms with Gasteiger partial charge < -0.3 is 10.2 Å². The predicted octanol–water partition coefficient (Wildman–Crippen LogP) is 1.78. The van der Waals surface area contributed by atoms with Crippen LogP contribution in [0, 0.1) is 5.92 Å². The topological polar surface area (TPSA) is 32.3 Å². The predicted molar refractivity (Wildman–Crippen MR) is 65.2 cm³/mol. The van der Waals surface area contributed by atoms with E-state index >= 15 is 0 Å². The molecular weight excluding hydrogens is 200 g/mol. The number of carbonyl (C=O) groups excluding carboxylic acids is 1. The first-order valence-corrected chi connectivity index (χ1v) is 6.69. The Morgan fingerprint density at radius 2 is 2.12 bits per heavy atom. The van der Waals surface area contributed by atoms with Gasteiger partial charge in [0.25, 0.3) is 0 Å². The molecular formula is C13H24N2O. The summed E-state index contributed by atoms with van der Waals surface area (Å²) >= 11 is 0. The Morgan fingerprint density at radius 1 is 1.31 bits per heavy atom. The van der Waals surface area contributed by atoms with Gasteiger partial charge in [-0.15, -0.1) is 0 Å². The van der Waals surface area contributed by atoms with Crippen molar-refractivity contribution >= 4 is 5.91 Å². The fraction of sp³-hybridized carbons (Fsp3) is 0.923. The molecule has 2 aliphatic rings. The van der Waals surface area contributed by atoms with Gasteiger partial charge in [-0.25, -0.2) is 0 Å². The lowest BCUT2D eigenvalue weighted by Gasteiger charge is -2.32. The van der Waals surface area contributed by atoms with Crippen molar-refractivity contribution in [3.05, 3.63) is 0 Å². The first-order chi connectivity index (χ1) is 7.69. The van der Waals surface area contributed by atoms with Gasteiger partial charge in [-0.2, -0.15) is 0 Å². The number of piperidine rings is 1. The van der Waals surface area contributed by atoms with Gasteiger partial charge in [-0.05, 0) is 31.6 Å². The Hall–Kier alpha value is -0.570. The monoisotopic (exact) mass is 224 g/mol. The highest BCUT2D eigenvalue weighted by atomic mass is 16.2. The van der Waals surface area contributed by atoms with Crippen LogP contribution in [0.1, 0.15) is 45.4 Å². The van der Waals surface area contributed by atoms with Crippen LogP contribution in [0.25, 0.3) is 0 Å². The second-order valence-electron chi connectivity index (χ2n) is 5.46. The average molecular weight is 224 g/mol. The van der Waals surface area contributed by atoms with Gasteiger partial charge in [0.1, 0.15) is 0 Å². The Balaban J connectivity index is 1.76. The number of rotatable bonds is 3. The van der Waals surface area contributed by atoms with Crippen LogP contribution in [0.15, 0.2) is 0 Å². The quantitative estimate of drug-likeness (QED) is 0.792. The number of likely N-dealkylation sites (tertiary alicyclic amines) is 1. The number of hydrogen-bond donors (Lipinski definition) is 1. The van der Waals surface area contributed by atoms with E-state index in [2.05, 4.69) is 12.2 Å². The molecule has 0 bridgehead atoms. The van der Waals surface area contributed by atoms with Crippen molar-refractivity contribution in [2.75, 3.05) is 13.6 Å². The Bertz CT molecular complexity index is 254. The van der Waals surface area contributed by atoms with E-state index < -0.39 is 0 Å². The highest BCUT2D eigenvalue weighted by Crippen LogP contribution is 2.28. The maximum Gasteiger partial charge on any atom is 0.222 e. The number of nitrogens with one attached hydrogen (secondary N) is 1. The Labute approximate surface area is 98.6 Å². The maximum atomic E-state index is 11.4. The van der Waals surface area contributed by atoms with Gasteiger partial charge in [-0.1, -0.05) is 13.3 Å². The van der Waals surface area contributed by atoms with Crippen LogP contribution in [0.4, 0.5) is 0 Å².